The SMILES string of the molecule is Cn1ccnc1CN(Cc1ccc(F)cc1Cl)C(=O)c1cccnc1. The molecule has 1 aromatic carbocycles. The highest BCUT2D eigenvalue weighted by atomic mass is 35.5. The normalized spacial score (nSPS) is 10.7. The number of imidazole rings is 1. The maximum atomic E-state index is 13.3. The molecule has 5 nitrogen and oxygen atoms in total. The van der Waals surface area contributed by atoms with Gasteiger partial charge in [-0.1, -0.05) is 17.7 Å². The fraction of sp³-hybridized carbons (Fsp3) is 0.167. The molecule has 0 aliphatic heterocycles. The van der Waals surface area contributed by atoms with Crippen molar-refractivity contribution in [2.45, 2.75) is 13.1 Å². The van der Waals surface area contributed by atoms with E-state index in [0.29, 0.717) is 17.7 Å². The van der Waals surface area contributed by atoms with Crippen molar-refractivity contribution in [2.75, 3.05) is 0 Å². The van der Waals surface area contributed by atoms with Crippen LogP contribution in [0.5, 0.6) is 0 Å². The van der Waals surface area contributed by atoms with Crippen molar-refractivity contribution < 1.29 is 9.18 Å². The molecule has 128 valence electrons. The van der Waals surface area contributed by atoms with Crippen molar-refractivity contribution in [1.29, 1.82) is 0 Å². The van der Waals surface area contributed by atoms with Gasteiger partial charge in [0.05, 0.1) is 12.1 Å². The fourth-order valence-corrected chi connectivity index (χ4v) is 2.67. The largest absolute Gasteiger partial charge is 0.337 e. The molecule has 0 aliphatic rings. The number of pyridine rings is 1. The Balaban J connectivity index is 1.91. The van der Waals surface area contributed by atoms with E-state index in [1.54, 1.807) is 35.5 Å². The van der Waals surface area contributed by atoms with Crippen molar-refractivity contribution in [3.8, 4) is 0 Å². The second kappa shape index (κ2) is 7.44. The first-order valence-corrected chi connectivity index (χ1v) is 8.02. The Morgan fingerprint density at radius 3 is 2.76 bits per heavy atom. The van der Waals surface area contributed by atoms with Gasteiger partial charge in [-0.3, -0.25) is 9.78 Å². The average Bonchev–Trinajstić information content (AvgIpc) is 3.01. The Morgan fingerprint density at radius 2 is 2.12 bits per heavy atom. The van der Waals surface area contributed by atoms with E-state index in [9.17, 15) is 9.18 Å². The Labute approximate surface area is 149 Å². The minimum Gasteiger partial charge on any atom is -0.337 e. The minimum atomic E-state index is -0.414. The summed E-state index contributed by atoms with van der Waals surface area (Å²) in [5.74, 6) is 0.120. The molecule has 0 unspecified atom stereocenters. The molecule has 3 rings (SSSR count). The van der Waals surface area contributed by atoms with E-state index in [1.807, 2.05) is 17.8 Å². The molecule has 7 heteroatoms. The van der Waals surface area contributed by atoms with E-state index in [4.69, 9.17) is 11.6 Å². The number of benzene rings is 1. The van der Waals surface area contributed by atoms with E-state index in [2.05, 4.69) is 9.97 Å². The molecule has 0 radical (unpaired) electrons. The number of carbonyl (C=O) groups excluding carboxylic acids is 1. The first kappa shape index (κ1) is 17.1. The average molecular weight is 359 g/mol. The highest BCUT2D eigenvalue weighted by Gasteiger charge is 2.19. The monoisotopic (exact) mass is 358 g/mol. The number of aromatic nitrogens is 3. The lowest BCUT2D eigenvalue weighted by Gasteiger charge is -2.23. The Kier molecular flexibility index (Phi) is 5.09. The van der Waals surface area contributed by atoms with Crippen molar-refractivity contribution in [2.24, 2.45) is 7.05 Å². The van der Waals surface area contributed by atoms with Crippen LogP contribution in [0.2, 0.25) is 5.02 Å². The number of hydrogen-bond donors (Lipinski definition) is 0. The van der Waals surface area contributed by atoms with Gasteiger partial charge in [-0.25, -0.2) is 9.37 Å². The van der Waals surface area contributed by atoms with Crippen LogP contribution in [0.25, 0.3) is 0 Å². The van der Waals surface area contributed by atoms with Crippen molar-refractivity contribution >= 4 is 17.5 Å². The molecule has 1 amide bonds. The topological polar surface area (TPSA) is 51.0 Å². The van der Waals surface area contributed by atoms with Crippen LogP contribution in [0.15, 0.2) is 55.1 Å². The molecule has 2 aromatic heterocycles. The van der Waals surface area contributed by atoms with E-state index in [-0.39, 0.29) is 17.5 Å². The number of amides is 1. The van der Waals surface area contributed by atoms with Gasteiger partial charge in [-0.05, 0) is 29.8 Å². The zero-order chi connectivity index (χ0) is 17.8. The van der Waals surface area contributed by atoms with E-state index in [0.717, 1.165) is 5.82 Å². The molecule has 3 aromatic rings. The molecule has 0 atom stereocenters. The van der Waals surface area contributed by atoms with E-state index >= 15 is 0 Å². The van der Waals surface area contributed by atoms with Crippen molar-refractivity contribution in [1.82, 2.24) is 19.4 Å². The summed E-state index contributed by atoms with van der Waals surface area (Å²) < 4.78 is 15.1. The highest BCUT2D eigenvalue weighted by Crippen LogP contribution is 2.21. The second-order valence-electron chi connectivity index (χ2n) is 5.59. The van der Waals surface area contributed by atoms with Crippen LogP contribution >= 0.6 is 11.6 Å². The summed E-state index contributed by atoms with van der Waals surface area (Å²) in [4.78, 5) is 22.8. The quantitative estimate of drug-likeness (QED) is 0.702. The van der Waals surface area contributed by atoms with Gasteiger partial charge >= 0.3 is 0 Å². The molecule has 25 heavy (non-hydrogen) atoms. The van der Waals surface area contributed by atoms with Gasteiger partial charge in [0.15, 0.2) is 0 Å². The number of carbonyl (C=O) groups is 1. The molecular weight excluding hydrogens is 343 g/mol. The smallest absolute Gasteiger partial charge is 0.256 e. The number of nitrogens with zero attached hydrogens (tertiary/aromatic N) is 4. The Bertz CT molecular complexity index is 882. The molecular formula is C18H16ClFN4O. The third kappa shape index (κ3) is 4.03. The first-order valence-electron chi connectivity index (χ1n) is 7.64. The molecule has 0 spiro atoms. The number of halogens is 2. The van der Waals surface area contributed by atoms with Gasteiger partial charge in [0.25, 0.3) is 5.91 Å². The van der Waals surface area contributed by atoms with E-state index < -0.39 is 5.82 Å². The molecule has 0 fully saturated rings. The Hall–Kier alpha value is -2.73. The summed E-state index contributed by atoms with van der Waals surface area (Å²) in [6.45, 7) is 0.532. The van der Waals surface area contributed by atoms with Gasteiger partial charge in [-0.2, -0.15) is 0 Å². The fourth-order valence-electron chi connectivity index (χ4n) is 2.45. The minimum absolute atomic E-state index is 0.198. The van der Waals surface area contributed by atoms with Crippen LogP contribution in [-0.2, 0) is 20.1 Å². The predicted molar refractivity (Wildman–Crippen MR) is 92.4 cm³/mol. The van der Waals surface area contributed by atoms with Gasteiger partial charge in [0.2, 0.25) is 0 Å². The molecule has 0 aliphatic carbocycles. The van der Waals surface area contributed by atoms with Crippen LogP contribution in [-0.4, -0.2) is 25.3 Å². The second-order valence-corrected chi connectivity index (χ2v) is 6.00. The highest BCUT2D eigenvalue weighted by molar-refractivity contribution is 6.31. The van der Waals surface area contributed by atoms with Crippen LogP contribution in [0.4, 0.5) is 4.39 Å². The summed E-state index contributed by atoms with van der Waals surface area (Å²) in [6.07, 6.45) is 6.61. The van der Waals surface area contributed by atoms with Crippen LogP contribution < -0.4 is 0 Å². The summed E-state index contributed by atoms with van der Waals surface area (Å²) in [6, 6.07) is 7.56. The lowest BCUT2D eigenvalue weighted by molar-refractivity contribution is 0.0723. The summed E-state index contributed by atoms with van der Waals surface area (Å²) in [7, 11) is 1.86. The number of hydrogen-bond acceptors (Lipinski definition) is 3. The van der Waals surface area contributed by atoms with Crippen LogP contribution in [0, 0.1) is 5.82 Å². The lowest BCUT2D eigenvalue weighted by Crippen LogP contribution is -2.31. The third-order valence-corrected chi connectivity index (χ3v) is 4.18. The van der Waals surface area contributed by atoms with Crippen molar-refractivity contribution in [3.05, 3.63) is 82.9 Å². The summed E-state index contributed by atoms with van der Waals surface area (Å²) in [5, 5.41) is 0.281. The van der Waals surface area contributed by atoms with E-state index in [1.165, 1.54) is 18.3 Å². The zero-order valence-electron chi connectivity index (χ0n) is 13.6. The summed E-state index contributed by atoms with van der Waals surface area (Å²) in [5.41, 5.74) is 1.13. The molecule has 2 heterocycles. The lowest BCUT2D eigenvalue weighted by atomic mass is 10.1. The van der Waals surface area contributed by atoms with Crippen molar-refractivity contribution in [3.63, 3.8) is 0 Å². The van der Waals surface area contributed by atoms with Crippen LogP contribution in [0.3, 0.4) is 0 Å². The van der Waals surface area contributed by atoms with Gasteiger partial charge in [-0.15, -0.1) is 0 Å². The standard InChI is InChI=1S/C18H16ClFN4O/c1-23-8-7-22-17(23)12-24(18(25)13-3-2-6-21-10-13)11-14-4-5-15(20)9-16(14)19/h2-10H,11-12H2,1H3. The summed E-state index contributed by atoms with van der Waals surface area (Å²) >= 11 is 6.13. The molecule has 0 bridgehead atoms. The number of rotatable bonds is 5. The maximum absolute atomic E-state index is 13.3. The Morgan fingerprint density at radius 1 is 1.28 bits per heavy atom. The predicted octanol–water partition coefficient (Wildman–Crippen LogP) is 3.45. The van der Waals surface area contributed by atoms with Gasteiger partial charge in [0.1, 0.15) is 11.6 Å². The first-order chi connectivity index (χ1) is 12.0. The molecule has 0 saturated heterocycles. The third-order valence-electron chi connectivity index (χ3n) is 3.83. The van der Waals surface area contributed by atoms with Gasteiger partial charge in [0, 0.05) is 43.4 Å². The molecule has 0 N–H and O–H groups in total. The maximum Gasteiger partial charge on any atom is 0.256 e. The van der Waals surface area contributed by atoms with Crippen LogP contribution in [0.1, 0.15) is 21.7 Å². The van der Waals surface area contributed by atoms with Gasteiger partial charge < -0.3 is 9.47 Å². The number of aryl methyl sites for hydroxylation is 1. The molecule has 0 saturated carbocycles. The zero-order valence-corrected chi connectivity index (χ0v) is 14.3.